The summed E-state index contributed by atoms with van der Waals surface area (Å²) in [5.74, 6) is 0.615. The number of aromatic nitrogens is 3. The third-order valence-electron chi connectivity index (χ3n) is 3.05. The van der Waals surface area contributed by atoms with Crippen LogP contribution in [0.5, 0.6) is 5.75 Å². The minimum absolute atomic E-state index is 0.000595. The summed E-state index contributed by atoms with van der Waals surface area (Å²) in [5, 5.41) is 17.1. The first-order valence-corrected chi connectivity index (χ1v) is 7.47. The number of aliphatic hydroxyl groups is 1. The number of benzene rings is 1. The molecule has 21 heavy (non-hydrogen) atoms. The summed E-state index contributed by atoms with van der Waals surface area (Å²) in [7, 11) is 1.56. The molecule has 1 heterocycles. The lowest BCUT2D eigenvalue weighted by Gasteiger charge is -2.16. The molecule has 0 radical (unpaired) electrons. The van der Waals surface area contributed by atoms with Gasteiger partial charge in [-0.1, -0.05) is 6.07 Å². The predicted octanol–water partition coefficient (Wildman–Crippen LogP) is 2.37. The topological polar surface area (TPSA) is 80.1 Å². The summed E-state index contributed by atoms with van der Waals surface area (Å²) in [6.45, 7) is 5.52. The van der Waals surface area contributed by atoms with Crippen LogP contribution in [0.2, 0.25) is 0 Å². The molecule has 0 spiro atoms. The smallest absolute Gasteiger partial charge is 0.344 e. The first-order chi connectivity index (χ1) is 9.95. The first-order valence-electron chi connectivity index (χ1n) is 6.65. The van der Waals surface area contributed by atoms with Crippen molar-refractivity contribution in [2.45, 2.75) is 43.0 Å². The van der Waals surface area contributed by atoms with E-state index < -0.39 is 6.10 Å². The van der Waals surface area contributed by atoms with Crippen LogP contribution in [0.1, 0.15) is 38.5 Å². The Morgan fingerprint density at radius 1 is 1.38 bits per heavy atom. The van der Waals surface area contributed by atoms with E-state index in [9.17, 15) is 9.90 Å². The Kier molecular flexibility index (Phi) is 4.74. The van der Waals surface area contributed by atoms with Crippen molar-refractivity contribution in [2.75, 3.05) is 7.11 Å². The second kappa shape index (κ2) is 6.36. The average molecular weight is 309 g/mol. The highest BCUT2D eigenvalue weighted by Gasteiger charge is 2.19. The highest BCUT2D eigenvalue weighted by atomic mass is 32.2. The lowest BCUT2D eigenvalue weighted by atomic mass is 10.1. The number of nitrogens with one attached hydrogen (secondary N) is 1. The Bertz CT molecular complexity index is 676. The molecule has 0 aliphatic heterocycles. The standard InChI is InChI=1S/C14H19N3O3S/c1-8(2)17-13(19)15-16-14(17)21-11-7-5-6-10(20-4)12(11)9(3)18/h5-9,18H,1-4H3,(H,15,19)/t9-/m0/s1. The van der Waals surface area contributed by atoms with Crippen LogP contribution in [-0.4, -0.2) is 27.0 Å². The molecule has 0 fully saturated rings. The van der Waals surface area contributed by atoms with Crippen molar-refractivity contribution in [3.8, 4) is 5.75 Å². The second-order valence-corrected chi connectivity index (χ2v) is 5.93. The SMILES string of the molecule is COc1cccc(Sc2n[nH]c(=O)n2C(C)C)c1[C@H](C)O. The molecule has 1 aromatic carbocycles. The van der Waals surface area contributed by atoms with Gasteiger partial charge in [0.15, 0.2) is 5.16 Å². The monoisotopic (exact) mass is 309 g/mol. The molecule has 6 nitrogen and oxygen atoms in total. The molecule has 1 aromatic heterocycles. The van der Waals surface area contributed by atoms with E-state index >= 15 is 0 Å². The number of hydrogen-bond acceptors (Lipinski definition) is 5. The summed E-state index contributed by atoms with van der Waals surface area (Å²) in [5.41, 5.74) is 0.449. The van der Waals surface area contributed by atoms with Crippen LogP contribution >= 0.6 is 11.8 Å². The van der Waals surface area contributed by atoms with Gasteiger partial charge >= 0.3 is 5.69 Å². The van der Waals surface area contributed by atoms with Gasteiger partial charge in [0.2, 0.25) is 0 Å². The number of aliphatic hydroxyl groups excluding tert-OH is 1. The minimum Gasteiger partial charge on any atom is -0.496 e. The molecular formula is C14H19N3O3S. The van der Waals surface area contributed by atoms with E-state index in [1.165, 1.54) is 11.8 Å². The van der Waals surface area contributed by atoms with Crippen LogP contribution in [0.3, 0.4) is 0 Å². The maximum absolute atomic E-state index is 11.8. The van der Waals surface area contributed by atoms with Crippen molar-refractivity contribution in [1.82, 2.24) is 14.8 Å². The molecule has 114 valence electrons. The van der Waals surface area contributed by atoms with Gasteiger partial charge in [-0.2, -0.15) is 0 Å². The van der Waals surface area contributed by atoms with Crippen LogP contribution in [0.4, 0.5) is 0 Å². The van der Waals surface area contributed by atoms with E-state index in [1.807, 2.05) is 26.0 Å². The summed E-state index contributed by atoms with van der Waals surface area (Å²) < 4.78 is 6.88. The minimum atomic E-state index is -0.679. The van der Waals surface area contributed by atoms with Gasteiger partial charge in [0.05, 0.1) is 13.2 Å². The highest BCUT2D eigenvalue weighted by Crippen LogP contribution is 2.37. The molecule has 0 aliphatic rings. The van der Waals surface area contributed by atoms with Crippen LogP contribution in [0, 0.1) is 0 Å². The van der Waals surface area contributed by atoms with E-state index in [0.717, 1.165) is 4.90 Å². The van der Waals surface area contributed by atoms with Crippen molar-refractivity contribution in [2.24, 2.45) is 0 Å². The molecule has 0 unspecified atom stereocenters. The van der Waals surface area contributed by atoms with Crippen molar-refractivity contribution in [3.05, 3.63) is 34.2 Å². The summed E-state index contributed by atoms with van der Waals surface area (Å²) in [6.07, 6.45) is -0.679. The van der Waals surface area contributed by atoms with Crippen molar-refractivity contribution in [3.63, 3.8) is 0 Å². The quantitative estimate of drug-likeness (QED) is 0.886. The zero-order valence-corrected chi connectivity index (χ0v) is 13.3. The molecule has 0 saturated carbocycles. The highest BCUT2D eigenvalue weighted by molar-refractivity contribution is 7.99. The second-order valence-electron chi connectivity index (χ2n) is 4.93. The number of ether oxygens (including phenoxy) is 1. The lowest BCUT2D eigenvalue weighted by molar-refractivity contribution is 0.191. The number of aromatic amines is 1. The van der Waals surface area contributed by atoms with Crippen molar-refractivity contribution in [1.29, 1.82) is 0 Å². The van der Waals surface area contributed by atoms with Gasteiger partial charge in [0.25, 0.3) is 0 Å². The fourth-order valence-corrected chi connectivity index (χ4v) is 3.33. The van der Waals surface area contributed by atoms with Crippen LogP contribution in [0.15, 0.2) is 33.0 Å². The molecule has 2 aromatic rings. The van der Waals surface area contributed by atoms with Gasteiger partial charge in [-0.15, -0.1) is 5.10 Å². The maximum Gasteiger partial charge on any atom is 0.344 e. The third-order valence-corrected chi connectivity index (χ3v) is 4.10. The maximum atomic E-state index is 11.8. The summed E-state index contributed by atoms with van der Waals surface area (Å²) >= 11 is 1.33. The molecule has 0 saturated heterocycles. The molecule has 0 bridgehead atoms. The zero-order chi connectivity index (χ0) is 15.6. The molecule has 2 rings (SSSR count). The normalized spacial score (nSPS) is 12.7. The molecular weight excluding hydrogens is 290 g/mol. The molecule has 7 heteroatoms. The molecule has 0 aliphatic carbocycles. The van der Waals surface area contributed by atoms with Crippen molar-refractivity contribution < 1.29 is 9.84 Å². The first kappa shape index (κ1) is 15.7. The fourth-order valence-electron chi connectivity index (χ4n) is 2.12. The number of rotatable bonds is 5. The Morgan fingerprint density at radius 2 is 2.10 bits per heavy atom. The Morgan fingerprint density at radius 3 is 2.67 bits per heavy atom. The van der Waals surface area contributed by atoms with Gasteiger partial charge < -0.3 is 9.84 Å². The average Bonchev–Trinajstić information content (AvgIpc) is 2.79. The van der Waals surface area contributed by atoms with Gasteiger partial charge in [-0.05, 0) is 44.7 Å². The number of nitrogens with zero attached hydrogens (tertiary/aromatic N) is 2. The van der Waals surface area contributed by atoms with E-state index in [0.29, 0.717) is 16.5 Å². The molecule has 0 amide bonds. The van der Waals surface area contributed by atoms with E-state index in [-0.39, 0.29) is 11.7 Å². The van der Waals surface area contributed by atoms with Gasteiger partial charge in [-0.3, -0.25) is 4.57 Å². The largest absolute Gasteiger partial charge is 0.496 e. The van der Waals surface area contributed by atoms with Gasteiger partial charge in [0.1, 0.15) is 5.75 Å². The number of hydrogen-bond donors (Lipinski definition) is 2. The lowest BCUT2D eigenvalue weighted by Crippen LogP contribution is -2.19. The Labute approximate surface area is 127 Å². The van der Waals surface area contributed by atoms with E-state index in [1.54, 1.807) is 24.7 Å². The summed E-state index contributed by atoms with van der Waals surface area (Å²) in [6, 6.07) is 5.52. The molecule has 1 atom stereocenters. The van der Waals surface area contributed by atoms with Crippen molar-refractivity contribution >= 4 is 11.8 Å². The van der Waals surface area contributed by atoms with Gasteiger partial charge in [0, 0.05) is 16.5 Å². The Hall–Kier alpha value is -1.73. The van der Waals surface area contributed by atoms with Crippen LogP contribution < -0.4 is 10.4 Å². The summed E-state index contributed by atoms with van der Waals surface area (Å²) in [4.78, 5) is 12.6. The van der Waals surface area contributed by atoms with E-state index in [2.05, 4.69) is 10.2 Å². The number of H-pyrrole nitrogens is 1. The van der Waals surface area contributed by atoms with E-state index in [4.69, 9.17) is 4.74 Å². The van der Waals surface area contributed by atoms with Gasteiger partial charge in [-0.25, -0.2) is 9.89 Å². The third kappa shape index (κ3) is 3.14. The zero-order valence-electron chi connectivity index (χ0n) is 12.5. The van der Waals surface area contributed by atoms with Crippen LogP contribution in [-0.2, 0) is 0 Å². The predicted molar refractivity (Wildman–Crippen MR) is 81.0 cm³/mol. The fraction of sp³-hybridized carbons (Fsp3) is 0.429. The van der Waals surface area contributed by atoms with Crippen LogP contribution in [0.25, 0.3) is 0 Å². The molecule has 2 N–H and O–H groups in total. The number of methoxy groups -OCH3 is 1. The Balaban J connectivity index is 2.48.